The molecular formula is C20H22N4O4. The molecule has 0 unspecified atom stereocenters. The van der Waals surface area contributed by atoms with Crippen molar-refractivity contribution in [1.82, 2.24) is 14.6 Å². The fourth-order valence-electron chi connectivity index (χ4n) is 3.90. The molecule has 146 valence electrons. The Hall–Kier alpha value is -3.29. The summed E-state index contributed by atoms with van der Waals surface area (Å²) in [6, 6.07) is 6.90. The Labute approximate surface area is 161 Å². The highest BCUT2D eigenvalue weighted by Crippen LogP contribution is 2.37. The molecule has 4 rings (SSSR count). The second kappa shape index (κ2) is 7.03. The maximum Gasteiger partial charge on any atom is 0.306 e. The van der Waals surface area contributed by atoms with Crippen LogP contribution in [0.15, 0.2) is 30.5 Å². The lowest BCUT2D eigenvalue weighted by molar-refractivity contribution is -0.142. The normalized spacial score (nSPS) is 19.6. The van der Waals surface area contributed by atoms with Crippen molar-refractivity contribution in [2.45, 2.75) is 31.6 Å². The van der Waals surface area contributed by atoms with E-state index in [1.165, 1.54) is 7.11 Å². The molecule has 0 aliphatic heterocycles. The molecule has 8 heteroatoms. The number of aromatic nitrogens is 3. The number of fused-ring (bicyclic) bond motifs is 1. The maximum absolute atomic E-state index is 11.2. The third kappa shape index (κ3) is 3.11. The van der Waals surface area contributed by atoms with Gasteiger partial charge in [-0.3, -0.25) is 4.79 Å². The molecular weight excluding hydrogens is 360 g/mol. The second-order valence-corrected chi connectivity index (χ2v) is 7.17. The van der Waals surface area contributed by atoms with E-state index in [9.17, 15) is 15.0 Å². The van der Waals surface area contributed by atoms with Gasteiger partial charge in [0.2, 0.25) is 0 Å². The van der Waals surface area contributed by atoms with E-state index in [1.54, 1.807) is 28.9 Å². The molecule has 1 aromatic carbocycles. The van der Waals surface area contributed by atoms with Crippen molar-refractivity contribution >= 4 is 17.4 Å². The van der Waals surface area contributed by atoms with Crippen LogP contribution in [-0.2, 0) is 4.79 Å². The molecule has 1 aliphatic carbocycles. The van der Waals surface area contributed by atoms with Crippen LogP contribution in [0.1, 0.15) is 37.3 Å². The maximum atomic E-state index is 11.2. The van der Waals surface area contributed by atoms with Crippen molar-refractivity contribution in [2.75, 3.05) is 12.8 Å². The average Bonchev–Trinajstić information content (AvgIpc) is 3.13. The Kier molecular flexibility index (Phi) is 4.54. The number of carbonyl (C=O) groups is 1. The number of hydrogen-bond acceptors (Lipinski definition) is 6. The lowest BCUT2D eigenvalue weighted by atomic mass is 9.80. The van der Waals surface area contributed by atoms with Gasteiger partial charge in [-0.25, -0.2) is 4.98 Å². The minimum absolute atomic E-state index is 0.0612. The van der Waals surface area contributed by atoms with Crippen LogP contribution in [0.2, 0.25) is 0 Å². The van der Waals surface area contributed by atoms with Crippen LogP contribution in [-0.4, -0.2) is 37.9 Å². The number of phenolic OH excluding ortho intramolecular Hbond substituents is 1. The number of methoxy groups -OCH3 is 1. The van der Waals surface area contributed by atoms with E-state index in [0.29, 0.717) is 30.1 Å². The summed E-state index contributed by atoms with van der Waals surface area (Å²) in [6.07, 6.45) is 4.53. The predicted octanol–water partition coefficient (Wildman–Crippen LogP) is 3.05. The first-order valence-electron chi connectivity index (χ1n) is 9.22. The van der Waals surface area contributed by atoms with E-state index < -0.39 is 5.97 Å². The van der Waals surface area contributed by atoms with Crippen LogP contribution in [0, 0.1) is 5.92 Å². The summed E-state index contributed by atoms with van der Waals surface area (Å²) in [5, 5.41) is 23.4. The molecule has 28 heavy (non-hydrogen) atoms. The average molecular weight is 382 g/mol. The number of aromatic hydroxyl groups is 1. The monoisotopic (exact) mass is 382 g/mol. The molecule has 0 amide bonds. The molecule has 0 spiro atoms. The van der Waals surface area contributed by atoms with Gasteiger partial charge in [-0.15, -0.1) is 0 Å². The molecule has 2 heterocycles. The quantitative estimate of drug-likeness (QED) is 0.633. The van der Waals surface area contributed by atoms with Crippen molar-refractivity contribution in [3.05, 3.63) is 36.2 Å². The number of nitrogen functional groups attached to an aromatic ring is 1. The summed E-state index contributed by atoms with van der Waals surface area (Å²) < 4.78 is 6.78. The first-order valence-corrected chi connectivity index (χ1v) is 9.22. The zero-order valence-electron chi connectivity index (χ0n) is 15.5. The van der Waals surface area contributed by atoms with E-state index >= 15 is 0 Å². The van der Waals surface area contributed by atoms with Crippen LogP contribution in [0.5, 0.6) is 11.5 Å². The SMILES string of the molecule is COc1cc(-c2cnn3c(N)cc(C4CCC(C(=O)O)CC4)nc23)ccc1O. The fourth-order valence-corrected chi connectivity index (χ4v) is 3.90. The number of anilines is 1. The Bertz CT molecular complexity index is 1040. The predicted molar refractivity (Wildman–Crippen MR) is 103 cm³/mol. The summed E-state index contributed by atoms with van der Waals surface area (Å²) in [6.45, 7) is 0. The third-order valence-electron chi connectivity index (χ3n) is 5.50. The Morgan fingerprint density at radius 2 is 2.00 bits per heavy atom. The molecule has 0 saturated heterocycles. The van der Waals surface area contributed by atoms with E-state index in [0.717, 1.165) is 29.7 Å². The number of ether oxygens (including phenoxy) is 1. The second-order valence-electron chi connectivity index (χ2n) is 7.17. The van der Waals surface area contributed by atoms with Crippen LogP contribution in [0.3, 0.4) is 0 Å². The molecule has 1 saturated carbocycles. The number of nitrogens with two attached hydrogens (primary N) is 1. The number of benzene rings is 1. The van der Waals surface area contributed by atoms with Gasteiger partial charge in [0.15, 0.2) is 17.1 Å². The number of phenols is 1. The summed E-state index contributed by atoms with van der Waals surface area (Å²) in [5.41, 5.74) is 9.29. The van der Waals surface area contributed by atoms with Crippen molar-refractivity contribution in [1.29, 1.82) is 0 Å². The Morgan fingerprint density at radius 1 is 1.25 bits per heavy atom. The molecule has 3 aromatic rings. The molecule has 0 radical (unpaired) electrons. The van der Waals surface area contributed by atoms with Crippen molar-refractivity contribution in [3.63, 3.8) is 0 Å². The fraction of sp³-hybridized carbons (Fsp3) is 0.350. The van der Waals surface area contributed by atoms with Crippen LogP contribution >= 0.6 is 0 Å². The molecule has 1 aliphatic rings. The summed E-state index contributed by atoms with van der Waals surface area (Å²) in [4.78, 5) is 16.0. The highest BCUT2D eigenvalue weighted by Gasteiger charge is 2.28. The van der Waals surface area contributed by atoms with Gasteiger partial charge < -0.3 is 20.7 Å². The summed E-state index contributed by atoms with van der Waals surface area (Å²) in [5.74, 6) is 0.101. The molecule has 8 nitrogen and oxygen atoms in total. The van der Waals surface area contributed by atoms with Crippen LogP contribution in [0.4, 0.5) is 5.82 Å². The number of nitrogens with zero attached hydrogens (tertiary/aromatic N) is 3. The van der Waals surface area contributed by atoms with Gasteiger partial charge in [0.25, 0.3) is 0 Å². The van der Waals surface area contributed by atoms with Gasteiger partial charge in [-0.05, 0) is 43.4 Å². The number of hydrogen-bond donors (Lipinski definition) is 3. The van der Waals surface area contributed by atoms with E-state index in [2.05, 4.69) is 5.10 Å². The van der Waals surface area contributed by atoms with Crippen molar-refractivity contribution in [2.24, 2.45) is 5.92 Å². The molecule has 1 fully saturated rings. The van der Waals surface area contributed by atoms with Gasteiger partial charge >= 0.3 is 5.97 Å². The zero-order chi connectivity index (χ0) is 19.8. The highest BCUT2D eigenvalue weighted by atomic mass is 16.5. The van der Waals surface area contributed by atoms with Gasteiger partial charge in [-0.2, -0.15) is 9.61 Å². The Morgan fingerprint density at radius 3 is 2.68 bits per heavy atom. The third-order valence-corrected chi connectivity index (χ3v) is 5.50. The zero-order valence-corrected chi connectivity index (χ0v) is 15.5. The van der Waals surface area contributed by atoms with E-state index in [4.69, 9.17) is 15.5 Å². The van der Waals surface area contributed by atoms with E-state index in [-0.39, 0.29) is 17.6 Å². The number of carboxylic acids is 1. The molecule has 0 atom stereocenters. The van der Waals surface area contributed by atoms with Crippen molar-refractivity contribution < 1.29 is 19.7 Å². The smallest absolute Gasteiger partial charge is 0.306 e. The van der Waals surface area contributed by atoms with Crippen molar-refractivity contribution in [3.8, 4) is 22.6 Å². The topological polar surface area (TPSA) is 123 Å². The minimum Gasteiger partial charge on any atom is -0.504 e. The highest BCUT2D eigenvalue weighted by molar-refractivity contribution is 5.79. The molecule has 2 aromatic heterocycles. The first kappa shape index (κ1) is 18.1. The number of rotatable bonds is 4. The summed E-state index contributed by atoms with van der Waals surface area (Å²) >= 11 is 0. The van der Waals surface area contributed by atoms with Gasteiger partial charge in [-0.1, -0.05) is 6.07 Å². The van der Waals surface area contributed by atoms with Gasteiger partial charge in [0.1, 0.15) is 5.82 Å². The number of carboxylic acid groups (broad SMARTS) is 1. The largest absolute Gasteiger partial charge is 0.504 e. The lowest BCUT2D eigenvalue weighted by Gasteiger charge is -2.25. The standard InChI is InChI=1S/C20H22N4O4/c1-28-17-8-13(6-7-16(17)25)14-10-22-24-18(21)9-15(23-19(14)24)11-2-4-12(5-3-11)20(26)27/h6-12,25H,2-5,21H2,1H3,(H,26,27). The molecule has 4 N–H and O–H groups in total. The van der Waals surface area contributed by atoms with Crippen LogP contribution < -0.4 is 10.5 Å². The first-order chi connectivity index (χ1) is 13.5. The number of aliphatic carboxylic acids is 1. The van der Waals surface area contributed by atoms with Gasteiger partial charge in [0, 0.05) is 23.2 Å². The lowest BCUT2D eigenvalue weighted by Crippen LogP contribution is -2.21. The summed E-state index contributed by atoms with van der Waals surface area (Å²) in [7, 11) is 1.50. The van der Waals surface area contributed by atoms with Crippen LogP contribution in [0.25, 0.3) is 16.8 Å². The minimum atomic E-state index is -0.722. The van der Waals surface area contributed by atoms with E-state index in [1.807, 2.05) is 6.07 Å². The Balaban J connectivity index is 1.72. The molecule has 0 bridgehead atoms. The van der Waals surface area contributed by atoms with Gasteiger partial charge in [0.05, 0.1) is 19.2 Å².